The van der Waals surface area contributed by atoms with Gasteiger partial charge in [-0.15, -0.1) is 0 Å². The molecule has 6 nitrogen and oxygen atoms in total. The van der Waals surface area contributed by atoms with E-state index in [1.54, 1.807) is 43.4 Å². The average Bonchev–Trinajstić information content (AvgIpc) is 2.75. The molecule has 29 heavy (non-hydrogen) atoms. The van der Waals surface area contributed by atoms with Gasteiger partial charge in [-0.05, 0) is 35.9 Å². The highest BCUT2D eigenvalue weighted by Crippen LogP contribution is 2.25. The second-order valence-corrected chi connectivity index (χ2v) is 7.36. The molecule has 1 saturated heterocycles. The summed E-state index contributed by atoms with van der Waals surface area (Å²) >= 11 is 5.89. The monoisotopic (exact) mass is 416 g/mol. The van der Waals surface area contributed by atoms with Crippen molar-refractivity contribution in [1.29, 1.82) is 0 Å². The van der Waals surface area contributed by atoms with Crippen molar-refractivity contribution >= 4 is 23.4 Å². The van der Waals surface area contributed by atoms with Gasteiger partial charge in [0, 0.05) is 36.8 Å². The summed E-state index contributed by atoms with van der Waals surface area (Å²) in [6.07, 6.45) is 0.575. The summed E-state index contributed by atoms with van der Waals surface area (Å²) in [5.74, 6) is 1.43. The van der Waals surface area contributed by atoms with E-state index in [0.29, 0.717) is 49.1 Å². The lowest BCUT2D eigenvalue weighted by atomic mass is 10.1. The van der Waals surface area contributed by atoms with E-state index in [1.165, 1.54) is 0 Å². The minimum Gasteiger partial charge on any atom is -0.497 e. The number of rotatable bonds is 6. The molecule has 0 aliphatic carbocycles. The highest BCUT2D eigenvalue weighted by molar-refractivity contribution is 6.30. The second-order valence-electron chi connectivity index (χ2n) is 6.92. The number of carbonyl (C=O) groups is 2. The van der Waals surface area contributed by atoms with Crippen molar-refractivity contribution in [3.05, 3.63) is 58.6 Å². The Morgan fingerprint density at radius 3 is 2.00 bits per heavy atom. The van der Waals surface area contributed by atoms with Gasteiger partial charge < -0.3 is 19.3 Å². The number of benzene rings is 2. The molecule has 7 heteroatoms. The third-order valence-corrected chi connectivity index (χ3v) is 5.33. The van der Waals surface area contributed by atoms with Crippen molar-refractivity contribution in [2.75, 3.05) is 40.4 Å². The molecule has 0 unspecified atom stereocenters. The van der Waals surface area contributed by atoms with Crippen LogP contribution in [0, 0.1) is 0 Å². The summed E-state index contributed by atoms with van der Waals surface area (Å²) in [6, 6.07) is 12.7. The van der Waals surface area contributed by atoms with Gasteiger partial charge in [-0.2, -0.15) is 0 Å². The topological polar surface area (TPSA) is 59.1 Å². The lowest BCUT2D eigenvalue weighted by Crippen LogP contribution is -2.51. The molecule has 1 aliphatic rings. The zero-order chi connectivity index (χ0) is 20.8. The first kappa shape index (κ1) is 21.0. The van der Waals surface area contributed by atoms with Crippen molar-refractivity contribution in [2.45, 2.75) is 12.8 Å². The lowest BCUT2D eigenvalue weighted by molar-refractivity contribution is -0.138. The van der Waals surface area contributed by atoms with Gasteiger partial charge in [-0.1, -0.05) is 23.7 Å². The first-order chi connectivity index (χ1) is 14.0. The van der Waals surface area contributed by atoms with Crippen LogP contribution in [0.5, 0.6) is 11.5 Å². The van der Waals surface area contributed by atoms with Crippen LogP contribution in [-0.4, -0.2) is 62.0 Å². The second kappa shape index (κ2) is 9.65. The zero-order valence-corrected chi connectivity index (χ0v) is 17.4. The molecule has 1 aliphatic heterocycles. The van der Waals surface area contributed by atoms with Crippen LogP contribution in [0.3, 0.4) is 0 Å². The molecule has 3 rings (SSSR count). The van der Waals surface area contributed by atoms with Gasteiger partial charge >= 0.3 is 0 Å². The first-order valence-electron chi connectivity index (χ1n) is 9.51. The molecule has 1 heterocycles. The van der Waals surface area contributed by atoms with E-state index < -0.39 is 0 Å². The molecule has 1 fully saturated rings. The number of halogens is 1. The van der Waals surface area contributed by atoms with Crippen LogP contribution in [0.15, 0.2) is 42.5 Å². The summed E-state index contributed by atoms with van der Waals surface area (Å²) in [5.41, 5.74) is 1.72. The molecule has 0 N–H and O–H groups in total. The molecule has 2 aromatic carbocycles. The molecule has 0 spiro atoms. The fourth-order valence-corrected chi connectivity index (χ4v) is 3.51. The van der Waals surface area contributed by atoms with Gasteiger partial charge in [-0.25, -0.2) is 0 Å². The number of amides is 2. The Bertz CT molecular complexity index is 862. The van der Waals surface area contributed by atoms with E-state index in [2.05, 4.69) is 0 Å². The van der Waals surface area contributed by atoms with Crippen LogP contribution >= 0.6 is 11.6 Å². The normalized spacial score (nSPS) is 13.9. The maximum Gasteiger partial charge on any atom is 0.227 e. The Labute approximate surface area is 176 Å². The predicted molar refractivity (Wildman–Crippen MR) is 112 cm³/mol. The van der Waals surface area contributed by atoms with Crippen molar-refractivity contribution in [3.63, 3.8) is 0 Å². The number of nitrogens with zero attached hydrogens (tertiary/aromatic N) is 2. The van der Waals surface area contributed by atoms with Crippen LogP contribution in [0.25, 0.3) is 0 Å². The number of methoxy groups -OCH3 is 2. The molecule has 0 radical (unpaired) electrons. The molecule has 2 aromatic rings. The van der Waals surface area contributed by atoms with E-state index in [9.17, 15) is 9.59 Å². The van der Waals surface area contributed by atoms with Gasteiger partial charge in [-0.3, -0.25) is 9.59 Å². The van der Waals surface area contributed by atoms with Crippen LogP contribution in [0.1, 0.15) is 11.1 Å². The number of hydrogen-bond acceptors (Lipinski definition) is 4. The van der Waals surface area contributed by atoms with E-state index in [-0.39, 0.29) is 18.2 Å². The summed E-state index contributed by atoms with van der Waals surface area (Å²) < 4.78 is 10.6. The van der Waals surface area contributed by atoms with Crippen LogP contribution in [-0.2, 0) is 22.4 Å². The molecule has 0 aromatic heterocycles. The number of ether oxygens (including phenoxy) is 2. The summed E-state index contributed by atoms with van der Waals surface area (Å²) in [7, 11) is 3.18. The van der Waals surface area contributed by atoms with Crippen molar-refractivity contribution in [1.82, 2.24) is 9.80 Å². The fourth-order valence-electron chi connectivity index (χ4n) is 3.39. The number of piperazine rings is 1. The predicted octanol–water partition coefficient (Wildman–Crippen LogP) is 2.81. The Hall–Kier alpha value is -2.73. The lowest BCUT2D eigenvalue weighted by Gasteiger charge is -2.35. The fraction of sp³-hybridized carbons (Fsp3) is 0.364. The Balaban J connectivity index is 1.54. The van der Waals surface area contributed by atoms with Gasteiger partial charge in [0.25, 0.3) is 0 Å². The highest BCUT2D eigenvalue weighted by Gasteiger charge is 2.25. The molecule has 0 atom stereocenters. The minimum absolute atomic E-state index is 0.0151. The van der Waals surface area contributed by atoms with Crippen LogP contribution in [0.2, 0.25) is 5.02 Å². The van der Waals surface area contributed by atoms with E-state index >= 15 is 0 Å². The summed E-state index contributed by atoms with van der Waals surface area (Å²) in [4.78, 5) is 28.9. The van der Waals surface area contributed by atoms with Gasteiger partial charge in [0.1, 0.15) is 11.5 Å². The van der Waals surface area contributed by atoms with Crippen LogP contribution in [0.4, 0.5) is 0 Å². The molecule has 0 saturated carbocycles. The Morgan fingerprint density at radius 2 is 1.45 bits per heavy atom. The third-order valence-electron chi connectivity index (χ3n) is 5.08. The van der Waals surface area contributed by atoms with Crippen LogP contribution < -0.4 is 9.47 Å². The van der Waals surface area contributed by atoms with Gasteiger partial charge in [0.2, 0.25) is 11.8 Å². The summed E-state index contributed by atoms with van der Waals surface area (Å²) in [5, 5.41) is 0.654. The SMILES string of the molecule is COc1ccc(OC)c(CC(=O)N2CCN(C(=O)Cc3ccc(Cl)cc3)CC2)c1. The smallest absolute Gasteiger partial charge is 0.227 e. The molecule has 0 bridgehead atoms. The van der Waals surface area contributed by atoms with Crippen molar-refractivity contribution < 1.29 is 19.1 Å². The van der Waals surface area contributed by atoms with Crippen molar-refractivity contribution in [2.24, 2.45) is 0 Å². The Kier molecular flexibility index (Phi) is 6.99. The van der Waals surface area contributed by atoms with E-state index in [4.69, 9.17) is 21.1 Å². The molecule has 154 valence electrons. The zero-order valence-electron chi connectivity index (χ0n) is 16.7. The van der Waals surface area contributed by atoms with Gasteiger partial charge in [0.15, 0.2) is 0 Å². The maximum absolute atomic E-state index is 12.7. The number of carbonyl (C=O) groups excluding carboxylic acids is 2. The van der Waals surface area contributed by atoms with Crippen molar-refractivity contribution in [3.8, 4) is 11.5 Å². The quantitative estimate of drug-likeness (QED) is 0.726. The first-order valence-corrected chi connectivity index (χ1v) is 9.89. The molecular weight excluding hydrogens is 392 g/mol. The van der Waals surface area contributed by atoms with E-state index in [1.807, 2.05) is 23.1 Å². The third kappa shape index (κ3) is 5.41. The highest BCUT2D eigenvalue weighted by atomic mass is 35.5. The largest absolute Gasteiger partial charge is 0.497 e. The minimum atomic E-state index is 0.0151. The van der Waals surface area contributed by atoms with Gasteiger partial charge in [0.05, 0.1) is 27.1 Å². The van der Waals surface area contributed by atoms with E-state index in [0.717, 1.165) is 11.1 Å². The number of hydrogen-bond donors (Lipinski definition) is 0. The average molecular weight is 417 g/mol. The standard InChI is InChI=1S/C22H25ClN2O4/c1-28-19-7-8-20(29-2)17(14-19)15-22(27)25-11-9-24(10-12-25)21(26)13-16-3-5-18(23)6-4-16/h3-8,14H,9-13,15H2,1-2H3. The molecular formula is C22H25ClN2O4. The molecule has 2 amide bonds. The Morgan fingerprint density at radius 1 is 0.862 bits per heavy atom. The summed E-state index contributed by atoms with van der Waals surface area (Å²) in [6.45, 7) is 2.12. The maximum atomic E-state index is 12.7.